The monoisotopic (exact) mass is 536 g/mol. The molecule has 0 radical (unpaired) electrons. The van der Waals surface area contributed by atoms with E-state index in [1.165, 1.54) is 25.1 Å². The molecule has 1 heterocycles. The molecule has 3 aromatic rings. The smallest absolute Gasteiger partial charge is 0.302 e. The number of carbonyl (C=O) groups excluding carboxylic acids is 1. The molecule has 0 N–H and O–H groups in total. The van der Waals surface area contributed by atoms with E-state index >= 15 is 4.39 Å². The summed E-state index contributed by atoms with van der Waals surface area (Å²) in [5, 5.41) is 0. The van der Waals surface area contributed by atoms with E-state index in [2.05, 4.69) is 22.5 Å². The number of carbonyl (C=O) groups is 1. The number of halogens is 4. The van der Waals surface area contributed by atoms with Gasteiger partial charge >= 0.3 is 5.97 Å². The van der Waals surface area contributed by atoms with E-state index in [1.54, 1.807) is 38.1 Å². The Morgan fingerprint density at radius 3 is 2.38 bits per heavy atom. The summed E-state index contributed by atoms with van der Waals surface area (Å²) in [6.45, 7) is 9.12. The van der Waals surface area contributed by atoms with Gasteiger partial charge in [-0.15, -0.1) is 0 Å². The van der Waals surface area contributed by atoms with Crippen LogP contribution in [0.15, 0.2) is 58.1 Å². The first-order valence-electron chi connectivity index (χ1n) is 10.4. The highest BCUT2D eigenvalue weighted by atomic mass is 79.9. The molecule has 0 aliphatic rings. The van der Waals surface area contributed by atoms with Gasteiger partial charge in [-0.2, -0.15) is 0 Å². The van der Waals surface area contributed by atoms with Crippen molar-refractivity contribution in [1.82, 2.24) is 0 Å². The molecule has 1 unspecified atom stereocenters. The van der Waals surface area contributed by atoms with Gasteiger partial charge in [-0.25, -0.2) is 13.2 Å². The van der Waals surface area contributed by atoms with Crippen LogP contribution in [0.25, 0.3) is 16.7 Å². The largest absolute Gasteiger partial charge is 0.476 e. The first-order chi connectivity index (χ1) is 15.9. The summed E-state index contributed by atoms with van der Waals surface area (Å²) in [6, 6.07) is 10.6. The number of furan rings is 1. The number of alkyl halides is 2. The van der Waals surface area contributed by atoms with Gasteiger partial charge in [-0.3, -0.25) is 4.79 Å². The number of esters is 1. The van der Waals surface area contributed by atoms with Crippen molar-refractivity contribution in [3.05, 3.63) is 82.0 Å². The van der Waals surface area contributed by atoms with E-state index in [1.807, 2.05) is 0 Å². The second kappa shape index (κ2) is 10.1. The highest BCUT2D eigenvalue weighted by Crippen LogP contribution is 2.38. The average Bonchev–Trinajstić information content (AvgIpc) is 3.13. The van der Waals surface area contributed by atoms with Crippen molar-refractivity contribution in [1.29, 1.82) is 0 Å². The lowest BCUT2D eigenvalue weighted by Gasteiger charge is -2.19. The van der Waals surface area contributed by atoms with E-state index in [-0.39, 0.29) is 23.7 Å². The maximum atomic E-state index is 15.1. The van der Waals surface area contributed by atoms with Crippen molar-refractivity contribution < 1.29 is 31.9 Å². The number of ether oxygens (including phenoxy) is 2. The zero-order valence-corrected chi connectivity index (χ0v) is 20.8. The number of hydrogen-bond donors (Lipinski definition) is 0. The molecule has 0 saturated carbocycles. The Hall–Kier alpha value is -3.00. The third kappa shape index (κ3) is 5.73. The van der Waals surface area contributed by atoms with Crippen molar-refractivity contribution in [3.8, 4) is 16.9 Å². The van der Waals surface area contributed by atoms with Gasteiger partial charge < -0.3 is 13.9 Å². The topological polar surface area (TPSA) is 48.7 Å². The number of aryl methyl sites for hydroxylation is 1. The Labute approximate surface area is 204 Å². The lowest BCUT2D eigenvalue weighted by Crippen LogP contribution is -2.17. The van der Waals surface area contributed by atoms with Crippen LogP contribution in [0.2, 0.25) is 0 Å². The summed E-state index contributed by atoms with van der Waals surface area (Å²) in [7, 11) is 0. The van der Waals surface area contributed by atoms with Crippen LogP contribution in [0.5, 0.6) is 5.75 Å². The maximum Gasteiger partial charge on any atom is 0.302 e. The Morgan fingerprint density at radius 2 is 1.82 bits per heavy atom. The maximum absolute atomic E-state index is 15.1. The molecule has 1 aromatic heterocycles. The van der Waals surface area contributed by atoms with Crippen molar-refractivity contribution in [2.45, 2.75) is 39.7 Å². The SMILES string of the molecule is C=C(C)c1c(C)ccc(OC(COC(C)=O)c2cc(-c3ccc(C(C)(F)F)cc3)c(Br)o2)c1F. The highest BCUT2D eigenvalue weighted by Gasteiger charge is 2.26. The fourth-order valence-electron chi connectivity index (χ4n) is 3.47. The predicted molar refractivity (Wildman–Crippen MR) is 127 cm³/mol. The zero-order chi connectivity index (χ0) is 25.2. The van der Waals surface area contributed by atoms with Gasteiger partial charge in [0.25, 0.3) is 5.92 Å². The lowest BCUT2D eigenvalue weighted by molar-refractivity contribution is -0.143. The molecule has 0 amide bonds. The van der Waals surface area contributed by atoms with Crippen LogP contribution in [-0.4, -0.2) is 12.6 Å². The summed E-state index contributed by atoms with van der Waals surface area (Å²) < 4.78 is 59.4. The molecule has 0 aliphatic heterocycles. The van der Waals surface area contributed by atoms with Crippen LogP contribution in [0.3, 0.4) is 0 Å². The quantitative estimate of drug-likeness (QED) is 0.274. The normalized spacial score (nSPS) is 12.4. The van der Waals surface area contributed by atoms with Gasteiger partial charge in [0.15, 0.2) is 22.3 Å². The first-order valence-corrected chi connectivity index (χ1v) is 11.2. The average molecular weight is 537 g/mol. The Kier molecular flexibility index (Phi) is 7.60. The van der Waals surface area contributed by atoms with Gasteiger partial charge in [-0.05, 0) is 58.6 Å². The molecule has 0 aliphatic carbocycles. The van der Waals surface area contributed by atoms with Crippen molar-refractivity contribution in [2.24, 2.45) is 0 Å². The minimum Gasteiger partial charge on any atom is -0.476 e. The van der Waals surface area contributed by atoms with Gasteiger partial charge in [0.1, 0.15) is 12.4 Å². The molecule has 0 spiro atoms. The molecule has 8 heteroatoms. The Bertz CT molecular complexity index is 1210. The molecule has 4 nitrogen and oxygen atoms in total. The molecule has 34 heavy (non-hydrogen) atoms. The van der Waals surface area contributed by atoms with E-state index in [4.69, 9.17) is 13.9 Å². The molecule has 180 valence electrons. The van der Waals surface area contributed by atoms with Crippen molar-refractivity contribution in [3.63, 3.8) is 0 Å². The van der Waals surface area contributed by atoms with Crippen LogP contribution >= 0.6 is 15.9 Å². The predicted octanol–water partition coefficient (Wildman–Crippen LogP) is 7.98. The Morgan fingerprint density at radius 1 is 1.18 bits per heavy atom. The standard InChI is InChI=1S/C26H24BrF3O4/c1-14(2)23-15(3)6-11-20(24(23)28)33-22(13-32-16(4)31)21-12-19(25(27)34-21)17-7-9-18(10-8-17)26(5,29)30/h6-12,22H,1,13H2,2-5H3. The van der Waals surface area contributed by atoms with Crippen LogP contribution in [-0.2, 0) is 15.5 Å². The van der Waals surface area contributed by atoms with Crippen LogP contribution < -0.4 is 4.74 Å². The third-order valence-corrected chi connectivity index (χ3v) is 5.76. The van der Waals surface area contributed by atoms with E-state index in [0.29, 0.717) is 32.5 Å². The summed E-state index contributed by atoms with van der Waals surface area (Å²) in [6.07, 6.45) is -0.969. The van der Waals surface area contributed by atoms with Crippen molar-refractivity contribution >= 4 is 27.5 Å². The summed E-state index contributed by atoms with van der Waals surface area (Å²) in [5.41, 5.74) is 2.67. The number of hydrogen-bond acceptors (Lipinski definition) is 4. The van der Waals surface area contributed by atoms with Gasteiger partial charge in [0, 0.05) is 30.5 Å². The van der Waals surface area contributed by atoms with Gasteiger partial charge in [-0.1, -0.05) is 36.9 Å². The molecule has 3 rings (SSSR count). The van der Waals surface area contributed by atoms with Gasteiger partial charge in [0.05, 0.1) is 0 Å². The fourth-order valence-corrected chi connectivity index (χ4v) is 4.00. The van der Waals surface area contributed by atoms with Crippen LogP contribution in [0.1, 0.15) is 49.3 Å². The molecular weight excluding hydrogens is 513 g/mol. The molecule has 0 bridgehead atoms. The number of rotatable bonds is 8. The van der Waals surface area contributed by atoms with Crippen LogP contribution in [0.4, 0.5) is 13.2 Å². The Balaban J connectivity index is 1.97. The summed E-state index contributed by atoms with van der Waals surface area (Å²) >= 11 is 3.34. The molecular formula is C26H24BrF3O4. The first kappa shape index (κ1) is 25.6. The van der Waals surface area contributed by atoms with Crippen LogP contribution in [0, 0.1) is 12.7 Å². The molecule has 0 fully saturated rings. The zero-order valence-electron chi connectivity index (χ0n) is 19.2. The second-order valence-corrected chi connectivity index (χ2v) is 8.78. The molecule has 2 aromatic carbocycles. The summed E-state index contributed by atoms with van der Waals surface area (Å²) in [4.78, 5) is 11.4. The lowest BCUT2D eigenvalue weighted by atomic mass is 10.0. The van der Waals surface area contributed by atoms with Crippen molar-refractivity contribution in [2.75, 3.05) is 6.61 Å². The third-order valence-electron chi connectivity index (χ3n) is 5.17. The fraction of sp³-hybridized carbons (Fsp3) is 0.269. The number of allylic oxidation sites excluding steroid dienone is 1. The minimum absolute atomic E-state index is 0.0515. The van der Waals surface area contributed by atoms with E-state index in [9.17, 15) is 13.6 Å². The van der Waals surface area contributed by atoms with Gasteiger partial charge in [0.2, 0.25) is 0 Å². The second-order valence-electron chi connectivity index (χ2n) is 8.06. The highest BCUT2D eigenvalue weighted by molar-refractivity contribution is 9.10. The molecule has 1 atom stereocenters. The van der Waals surface area contributed by atoms with E-state index in [0.717, 1.165) is 6.92 Å². The number of benzene rings is 2. The molecule has 0 saturated heterocycles. The summed E-state index contributed by atoms with van der Waals surface area (Å²) in [5.74, 6) is -3.87. The van der Waals surface area contributed by atoms with E-state index < -0.39 is 23.8 Å². The minimum atomic E-state index is -2.96.